The number of pyridine rings is 1. The Morgan fingerprint density at radius 1 is 1.30 bits per heavy atom. The fraction of sp³-hybridized carbons (Fsp3) is 0.500. The number of nitrogens with one attached hydrogen (secondary N) is 1. The molecule has 1 aliphatic carbocycles. The summed E-state index contributed by atoms with van der Waals surface area (Å²) in [5, 5.41) is 3.17. The maximum atomic E-state index is 12.3. The summed E-state index contributed by atoms with van der Waals surface area (Å²) >= 11 is 0. The van der Waals surface area contributed by atoms with E-state index < -0.39 is 0 Å². The molecule has 0 radical (unpaired) electrons. The van der Waals surface area contributed by atoms with Gasteiger partial charge in [-0.25, -0.2) is 4.98 Å². The molecule has 0 bridgehead atoms. The van der Waals surface area contributed by atoms with Gasteiger partial charge in [-0.15, -0.1) is 0 Å². The second-order valence-corrected chi connectivity index (χ2v) is 5.73. The van der Waals surface area contributed by atoms with Crippen molar-refractivity contribution in [2.45, 2.75) is 51.5 Å². The highest BCUT2D eigenvalue weighted by Crippen LogP contribution is 2.18. The summed E-state index contributed by atoms with van der Waals surface area (Å²) in [6.07, 6.45) is 11.1. The molecule has 0 aliphatic heterocycles. The first-order valence-electron chi connectivity index (χ1n) is 7.48. The lowest BCUT2D eigenvalue weighted by Gasteiger charge is -2.16. The number of hydrogen-bond donors (Lipinski definition) is 1. The quantitative estimate of drug-likeness (QED) is 0.853. The van der Waals surface area contributed by atoms with Crippen molar-refractivity contribution >= 4 is 11.6 Å². The van der Waals surface area contributed by atoms with Gasteiger partial charge in [0.25, 0.3) is 5.91 Å². The number of rotatable bonds is 2. The van der Waals surface area contributed by atoms with Gasteiger partial charge in [0.05, 0.1) is 5.69 Å². The zero-order chi connectivity index (χ0) is 13.9. The van der Waals surface area contributed by atoms with Crippen LogP contribution < -0.4 is 5.32 Å². The molecule has 2 aromatic rings. The third kappa shape index (κ3) is 2.84. The lowest BCUT2D eigenvalue weighted by atomic mass is 10.1. The molecule has 20 heavy (non-hydrogen) atoms. The van der Waals surface area contributed by atoms with E-state index in [9.17, 15) is 4.79 Å². The van der Waals surface area contributed by atoms with Crippen LogP contribution in [0.4, 0.5) is 0 Å². The minimum Gasteiger partial charge on any atom is -0.349 e. The Bertz CT molecular complexity index is 609. The monoisotopic (exact) mass is 271 g/mol. The summed E-state index contributed by atoms with van der Waals surface area (Å²) in [6, 6.07) is 4.06. The number of carbonyl (C=O) groups excluding carboxylic acids is 1. The Balaban J connectivity index is 1.74. The number of amides is 1. The van der Waals surface area contributed by atoms with Crippen molar-refractivity contribution in [3.05, 3.63) is 35.8 Å². The van der Waals surface area contributed by atoms with E-state index in [-0.39, 0.29) is 5.91 Å². The summed E-state index contributed by atoms with van der Waals surface area (Å²) in [4.78, 5) is 16.7. The van der Waals surface area contributed by atoms with Gasteiger partial charge >= 0.3 is 0 Å². The second-order valence-electron chi connectivity index (χ2n) is 5.73. The first kappa shape index (κ1) is 13.2. The summed E-state index contributed by atoms with van der Waals surface area (Å²) in [6.45, 7) is 1.96. The molecule has 0 saturated heterocycles. The van der Waals surface area contributed by atoms with Crippen LogP contribution in [0.3, 0.4) is 0 Å². The zero-order valence-corrected chi connectivity index (χ0v) is 11.9. The van der Waals surface area contributed by atoms with E-state index in [0.29, 0.717) is 11.6 Å². The number of fused-ring (bicyclic) bond motifs is 1. The molecule has 4 nitrogen and oxygen atoms in total. The lowest BCUT2D eigenvalue weighted by molar-refractivity contribution is 0.0933. The SMILES string of the molecule is Cc1cn2ccc(C(=O)NC3CCCCCC3)cc2n1. The average molecular weight is 271 g/mol. The molecule has 0 atom stereocenters. The first-order valence-corrected chi connectivity index (χ1v) is 7.48. The number of nitrogens with zero attached hydrogens (tertiary/aromatic N) is 2. The Kier molecular flexibility index (Phi) is 3.72. The van der Waals surface area contributed by atoms with Crippen LogP contribution in [-0.4, -0.2) is 21.3 Å². The normalized spacial score (nSPS) is 17.1. The van der Waals surface area contributed by atoms with Crippen LogP contribution in [-0.2, 0) is 0 Å². The van der Waals surface area contributed by atoms with Crippen molar-refractivity contribution in [1.29, 1.82) is 0 Å². The van der Waals surface area contributed by atoms with E-state index in [1.165, 1.54) is 25.7 Å². The van der Waals surface area contributed by atoms with Gasteiger partial charge in [-0.2, -0.15) is 0 Å². The van der Waals surface area contributed by atoms with Crippen molar-refractivity contribution in [2.75, 3.05) is 0 Å². The Morgan fingerprint density at radius 2 is 2.05 bits per heavy atom. The number of carbonyl (C=O) groups is 1. The number of hydrogen-bond acceptors (Lipinski definition) is 2. The lowest BCUT2D eigenvalue weighted by Crippen LogP contribution is -2.34. The molecular formula is C16H21N3O. The first-order chi connectivity index (χ1) is 9.72. The standard InChI is InChI=1S/C16H21N3O/c1-12-11-19-9-8-13(10-15(19)17-12)16(20)18-14-6-4-2-3-5-7-14/h8-11,14H,2-7H2,1H3,(H,18,20). The van der Waals surface area contributed by atoms with Crippen LogP contribution in [0.1, 0.15) is 54.6 Å². The van der Waals surface area contributed by atoms with Crippen LogP contribution in [0.5, 0.6) is 0 Å². The van der Waals surface area contributed by atoms with Gasteiger partial charge in [-0.3, -0.25) is 4.79 Å². The van der Waals surface area contributed by atoms with Crippen molar-refractivity contribution < 1.29 is 4.79 Å². The Morgan fingerprint density at radius 3 is 2.80 bits per heavy atom. The Labute approximate surface area is 119 Å². The van der Waals surface area contributed by atoms with E-state index in [4.69, 9.17) is 0 Å². The summed E-state index contributed by atoms with van der Waals surface area (Å²) in [5.74, 6) is 0.0278. The maximum Gasteiger partial charge on any atom is 0.251 e. The molecule has 2 heterocycles. The van der Waals surface area contributed by atoms with Gasteiger partial charge < -0.3 is 9.72 Å². The van der Waals surface area contributed by atoms with E-state index in [1.807, 2.05) is 35.9 Å². The van der Waals surface area contributed by atoms with E-state index >= 15 is 0 Å². The minimum atomic E-state index is 0.0278. The maximum absolute atomic E-state index is 12.3. The third-order valence-corrected chi connectivity index (χ3v) is 4.03. The fourth-order valence-electron chi connectivity index (χ4n) is 2.94. The van der Waals surface area contributed by atoms with E-state index in [2.05, 4.69) is 10.3 Å². The third-order valence-electron chi connectivity index (χ3n) is 4.03. The molecular weight excluding hydrogens is 250 g/mol. The highest BCUT2D eigenvalue weighted by atomic mass is 16.1. The zero-order valence-electron chi connectivity index (χ0n) is 11.9. The number of aryl methyl sites for hydroxylation is 1. The molecule has 1 N–H and O–H groups in total. The van der Waals surface area contributed by atoms with Crippen LogP contribution >= 0.6 is 0 Å². The molecule has 1 saturated carbocycles. The van der Waals surface area contributed by atoms with Gasteiger partial charge in [-0.1, -0.05) is 25.7 Å². The van der Waals surface area contributed by atoms with Gasteiger partial charge in [0.1, 0.15) is 5.65 Å². The number of imidazole rings is 1. The molecule has 106 valence electrons. The molecule has 0 spiro atoms. The second kappa shape index (κ2) is 5.65. The molecule has 0 aromatic carbocycles. The molecule has 1 fully saturated rings. The van der Waals surface area contributed by atoms with Gasteiger partial charge in [-0.05, 0) is 31.9 Å². The van der Waals surface area contributed by atoms with Gasteiger partial charge in [0.2, 0.25) is 0 Å². The topological polar surface area (TPSA) is 46.4 Å². The van der Waals surface area contributed by atoms with E-state index in [0.717, 1.165) is 24.2 Å². The summed E-state index contributed by atoms with van der Waals surface area (Å²) < 4.78 is 1.94. The smallest absolute Gasteiger partial charge is 0.251 e. The molecule has 1 amide bonds. The van der Waals surface area contributed by atoms with Gasteiger partial charge in [0, 0.05) is 24.0 Å². The fourth-order valence-corrected chi connectivity index (χ4v) is 2.94. The highest BCUT2D eigenvalue weighted by Gasteiger charge is 2.16. The summed E-state index contributed by atoms with van der Waals surface area (Å²) in [7, 11) is 0. The molecule has 1 aliphatic rings. The molecule has 3 rings (SSSR count). The Hall–Kier alpha value is -1.84. The largest absolute Gasteiger partial charge is 0.349 e. The number of aromatic nitrogens is 2. The van der Waals surface area contributed by atoms with Crippen LogP contribution in [0.15, 0.2) is 24.5 Å². The predicted molar refractivity (Wildman–Crippen MR) is 78.9 cm³/mol. The van der Waals surface area contributed by atoms with Crippen LogP contribution in [0.2, 0.25) is 0 Å². The van der Waals surface area contributed by atoms with Crippen molar-refractivity contribution in [3.63, 3.8) is 0 Å². The molecule has 2 aromatic heterocycles. The van der Waals surface area contributed by atoms with Gasteiger partial charge in [0.15, 0.2) is 0 Å². The highest BCUT2D eigenvalue weighted by molar-refractivity contribution is 5.95. The van der Waals surface area contributed by atoms with Crippen molar-refractivity contribution in [3.8, 4) is 0 Å². The predicted octanol–water partition coefficient (Wildman–Crippen LogP) is 3.10. The molecule has 0 unspecified atom stereocenters. The van der Waals surface area contributed by atoms with Crippen LogP contribution in [0, 0.1) is 6.92 Å². The van der Waals surface area contributed by atoms with Crippen molar-refractivity contribution in [2.24, 2.45) is 0 Å². The van der Waals surface area contributed by atoms with Crippen molar-refractivity contribution in [1.82, 2.24) is 14.7 Å². The molecule has 4 heteroatoms. The van der Waals surface area contributed by atoms with E-state index in [1.54, 1.807) is 0 Å². The summed E-state index contributed by atoms with van der Waals surface area (Å²) in [5.41, 5.74) is 2.50. The minimum absolute atomic E-state index is 0.0278. The average Bonchev–Trinajstić information content (AvgIpc) is 2.62. The van der Waals surface area contributed by atoms with Crippen LogP contribution in [0.25, 0.3) is 5.65 Å².